The fourth-order valence-corrected chi connectivity index (χ4v) is 4.43. The third kappa shape index (κ3) is 3.01. The number of nitrogens with zero attached hydrogens (tertiary/aromatic N) is 1. The first kappa shape index (κ1) is 15.9. The zero-order valence-corrected chi connectivity index (χ0v) is 14.6. The van der Waals surface area contributed by atoms with Crippen molar-refractivity contribution in [3.05, 3.63) is 35.2 Å². The summed E-state index contributed by atoms with van der Waals surface area (Å²) in [5.74, 6) is -0.459. The number of ether oxygens (including phenoxy) is 2. The number of carbonyl (C=O) groups excluding carboxylic acids is 1. The van der Waals surface area contributed by atoms with Gasteiger partial charge >= 0.3 is 6.03 Å². The Morgan fingerprint density at radius 3 is 2.92 bits per heavy atom. The molecule has 0 bridgehead atoms. The molecule has 2 aliphatic rings. The van der Waals surface area contributed by atoms with Gasteiger partial charge in [0, 0.05) is 37.2 Å². The van der Waals surface area contributed by atoms with Gasteiger partial charge in [0.1, 0.15) is 0 Å². The molecule has 0 aliphatic carbocycles. The number of likely N-dealkylation sites (tertiary alicyclic amines) is 1. The van der Waals surface area contributed by atoms with Gasteiger partial charge in [0.2, 0.25) is 0 Å². The van der Waals surface area contributed by atoms with Gasteiger partial charge < -0.3 is 19.7 Å². The van der Waals surface area contributed by atoms with Gasteiger partial charge in [0.15, 0.2) is 5.79 Å². The number of hydrogen-bond acceptors (Lipinski definition) is 4. The number of carbonyl (C=O) groups is 1. The van der Waals surface area contributed by atoms with Crippen molar-refractivity contribution in [1.29, 1.82) is 0 Å². The van der Waals surface area contributed by atoms with E-state index in [2.05, 4.69) is 22.8 Å². The number of nitrogens with one attached hydrogen (secondary N) is 1. The molecule has 1 aromatic carbocycles. The van der Waals surface area contributed by atoms with E-state index in [9.17, 15) is 4.79 Å². The number of piperidine rings is 1. The van der Waals surface area contributed by atoms with Crippen molar-refractivity contribution in [3.63, 3.8) is 0 Å². The Hall–Kier alpha value is -1.63. The van der Waals surface area contributed by atoms with Crippen LogP contribution in [0.2, 0.25) is 0 Å². The lowest BCUT2D eigenvalue weighted by Gasteiger charge is -2.37. The molecule has 0 saturated carbocycles. The molecule has 5 nitrogen and oxygen atoms in total. The van der Waals surface area contributed by atoms with Gasteiger partial charge in [0.05, 0.1) is 12.7 Å². The average Bonchev–Trinajstić information content (AvgIpc) is 3.17. The molecule has 2 fully saturated rings. The molecule has 1 spiro atoms. The van der Waals surface area contributed by atoms with Crippen LogP contribution in [-0.4, -0.2) is 42.5 Å². The minimum Gasteiger partial charge on any atom is -0.347 e. The van der Waals surface area contributed by atoms with E-state index in [1.54, 1.807) is 11.3 Å². The largest absolute Gasteiger partial charge is 0.347 e. The highest BCUT2D eigenvalue weighted by Crippen LogP contribution is 2.34. The molecule has 1 atom stereocenters. The van der Waals surface area contributed by atoms with Crippen molar-refractivity contribution < 1.29 is 14.3 Å². The fraction of sp³-hybridized carbons (Fsp3) is 0.500. The highest BCUT2D eigenvalue weighted by atomic mass is 32.1. The van der Waals surface area contributed by atoms with E-state index < -0.39 is 5.79 Å². The Kier molecular flexibility index (Phi) is 4.20. The van der Waals surface area contributed by atoms with E-state index in [1.807, 2.05) is 24.0 Å². The number of urea groups is 1. The van der Waals surface area contributed by atoms with E-state index in [-0.39, 0.29) is 12.1 Å². The van der Waals surface area contributed by atoms with E-state index in [1.165, 1.54) is 15.6 Å². The predicted molar refractivity (Wildman–Crippen MR) is 94.1 cm³/mol. The standard InChI is InChI=1S/C18H22N2O3S/c1-13-11-22-18(23-13)6-8-20(9-7-18)17(21)19-10-14-12-24-16-5-3-2-4-15(14)16/h2-5,12-13H,6-11H2,1H3,(H,19,21)/t13-/m1/s1. The van der Waals surface area contributed by atoms with Crippen LogP contribution in [0.1, 0.15) is 25.3 Å². The van der Waals surface area contributed by atoms with Gasteiger partial charge in [-0.15, -0.1) is 11.3 Å². The van der Waals surface area contributed by atoms with Crippen LogP contribution in [0.25, 0.3) is 10.1 Å². The van der Waals surface area contributed by atoms with E-state index in [4.69, 9.17) is 9.47 Å². The summed E-state index contributed by atoms with van der Waals surface area (Å²) in [5.41, 5.74) is 1.17. The monoisotopic (exact) mass is 346 g/mol. The number of hydrogen-bond donors (Lipinski definition) is 1. The number of thiophene rings is 1. The molecule has 2 saturated heterocycles. The Morgan fingerprint density at radius 1 is 1.38 bits per heavy atom. The van der Waals surface area contributed by atoms with Crippen molar-refractivity contribution in [1.82, 2.24) is 10.2 Å². The maximum absolute atomic E-state index is 12.4. The zero-order valence-electron chi connectivity index (χ0n) is 13.8. The number of fused-ring (bicyclic) bond motifs is 1. The van der Waals surface area contributed by atoms with Crippen molar-refractivity contribution >= 4 is 27.5 Å². The van der Waals surface area contributed by atoms with Crippen LogP contribution in [0, 0.1) is 0 Å². The predicted octanol–water partition coefficient (Wildman–Crippen LogP) is 3.34. The molecule has 0 unspecified atom stereocenters. The Morgan fingerprint density at radius 2 is 2.17 bits per heavy atom. The Bertz CT molecular complexity index is 737. The SMILES string of the molecule is C[C@@H]1COC2(CCN(C(=O)NCc3csc4ccccc34)CC2)O1. The van der Waals surface area contributed by atoms with Gasteiger partial charge in [-0.1, -0.05) is 18.2 Å². The minimum atomic E-state index is -0.459. The topological polar surface area (TPSA) is 50.8 Å². The first-order valence-electron chi connectivity index (χ1n) is 8.45. The van der Waals surface area contributed by atoms with E-state index in [0.29, 0.717) is 26.2 Å². The molecule has 128 valence electrons. The zero-order chi connectivity index (χ0) is 16.6. The third-order valence-corrected chi connectivity index (χ3v) is 5.81. The second kappa shape index (κ2) is 6.35. The van der Waals surface area contributed by atoms with Crippen LogP contribution in [0.5, 0.6) is 0 Å². The smallest absolute Gasteiger partial charge is 0.317 e. The average molecular weight is 346 g/mol. The molecule has 4 rings (SSSR count). The number of amides is 2. The highest BCUT2D eigenvalue weighted by molar-refractivity contribution is 7.17. The summed E-state index contributed by atoms with van der Waals surface area (Å²) in [5, 5.41) is 6.39. The second-order valence-corrected chi connectivity index (χ2v) is 7.46. The summed E-state index contributed by atoms with van der Waals surface area (Å²) in [4.78, 5) is 14.3. The third-order valence-electron chi connectivity index (χ3n) is 4.80. The van der Waals surface area contributed by atoms with Crippen molar-refractivity contribution in [2.45, 2.75) is 38.2 Å². The molecule has 6 heteroatoms. The Balaban J connectivity index is 1.32. The summed E-state index contributed by atoms with van der Waals surface area (Å²) >= 11 is 1.72. The first-order chi connectivity index (χ1) is 11.7. The lowest BCUT2D eigenvalue weighted by molar-refractivity contribution is -0.189. The number of benzene rings is 1. The molecular weight excluding hydrogens is 324 g/mol. The normalized spacial score (nSPS) is 23.0. The quantitative estimate of drug-likeness (QED) is 0.907. The summed E-state index contributed by atoms with van der Waals surface area (Å²) in [6.07, 6.45) is 1.63. The van der Waals surface area contributed by atoms with Crippen LogP contribution in [0.3, 0.4) is 0 Å². The second-order valence-electron chi connectivity index (χ2n) is 6.55. The van der Waals surface area contributed by atoms with Crippen LogP contribution in [0.4, 0.5) is 4.79 Å². The van der Waals surface area contributed by atoms with Gasteiger partial charge in [0.25, 0.3) is 0 Å². The molecule has 2 aliphatic heterocycles. The summed E-state index contributed by atoms with van der Waals surface area (Å²) < 4.78 is 13.0. The highest BCUT2D eigenvalue weighted by Gasteiger charge is 2.43. The first-order valence-corrected chi connectivity index (χ1v) is 9.33. The summed E-state index contributed by atoms with van der Waals surface area (Å²) in [7, 11) is 0. The minimum absolute atomic E-state index is 0.00817. The molecule has 24 heavy (non-hydrogen) atoms. The van der Waals surface area contributed by atoms with Crippen molar-refractivity contribution in [2.24, 2.45) is 0 Å². The maximum Gasteiger partial charge on any atom is 0.317 e. The molecular formula is C18H22N2O3S. The van der Waals surface area contributed by atoms with Gasteiger partial charge in [-0.2, -0.15) is 0 Å². The Labute approximate surface area is 145 Å². The summed E-state index contributed by atoms with van der Waals surface area (Å²) in [6.45, 7) is 4.58. The van der Waals surface area contributed by atoms with E-state index >= 15 is 0 Å². The van der Waals surface area contributed by atoms with Crippen LogP contribution < -0.4 is 5.32 Å². The van der Waals surface area contributed by atoms with Gasteiger partial charge in [-0.3, -0.25) is 0 Å². The van der Waals surface area contributed by atoms with Crippen LogP contribution >= 0.6 is 11.3 Å². The van der Waals surface area contributed by atoms with Gasteiger partial charge in [-0.25, -0.2) is 4.79 Å². The van der Waals surface area contributed by atoms with Crippen LogP contribution in [0.15, 0.2) is 29.6 Å². The lowest BCUT2D eigenvalue weighted by Crippen LogP contribution is -2.50. The molecule has 1 aromatic heterocycles. The molecule has 3 heterocycles. The van der Waals surface area contributed by atoms with Crippen molar-refractivity contribution in [2.75, 3.05) is 19.7 Å². The summed E-state index contributed by atoms with van der Waals surface area (Å²) in [6, 6.07) is 8.28. The molecule has 2 amide bonds. The van der Waals surface area contributed by atoms with Crippen LogP contribution in [-0.2, 0) is 16.0 Å². The van der Waals surface area contributed by atoms with E-state index in [0.717, 1.165) is 12.8 Å². The molecule has 0 radical (unpaired) electrons. The number of rotatable bonds is 2. The molecule has 1 N–H and O–H groups in total. The maximum atomic E-state index is 12.4. The molecule has 2 aromatic rings. The fourth-order valence-electron chi connectivity index (χ4n) is 3.47. The van der Waals surface area contributed by atoms with Gasteiger partial charge in [-0.05, 0) is 29.3 Å². The van der Waals surface area contributed by atoms with Crippen molar-refractivity contribution in [3.8, 4) is 0 Å². The lowest BCUT2D eigenvalue weighted by atomic mass is 10.0.